The smallest absolute Gasteiger partial charge is 0.246 e. The van der Waals surface area contributed by atoms with Crippen LogP contribution >= 0.6 is 0 Å². The van der Waals surface area contributed by atoms with Gasteiger partial charge in [-0.15, -0.1) is 0 Å². The molecule has 1 unspecified atom stereocenters. The van der Waals surface area contributed by atoms with Crippen LogP contribution in [0, 0.1) is 5.82 Å². The molecule has 2 heterocycles. The highest BCUT2D eigenvalue weighted by atomic mass is 19.1. The highest BCUT2D eigenvalue weighted by molar-refractivity contribution is 6.21. The number of hydrogen-bond donors (Lipinski definition) is 1. The van der Waals surface area contributed by atoms with Gasteiger partial charge in [0, 0.05) is 6.54 Å². The summed E-state index contributed by atoms with van der Waals surface area (Å²) in [5, 5.41) is 2.57. The van der Waals surface area contributed by atoms with Crippen molar-refractivity contribution in [3.8, 4) is 0 Å². The Kier molecular flexibility index (Phi) is 2.36. The van der Waals surface area contributed by atoms with Crippen LogP contribution in [0.25, 0.3) is 0 Å². The van der Waals surface area contributed by atoms with Crippen molar-refractivity contribution in [3.05, 3.63) is 35.6 Å². The van der Waals surface area contributed by atoms with Crippen molar-refractivity contribution < 1.29 is 14.0 Å². The molecule has 0 bridgehead atoms. The molecule has 1 aromatic carbocycles. The van der Waals surface area contributed by atoms with Gasteiger partial charge in [-0.1, -0.05) is 12.1 Å². The van der Waals surface area contributed by atoms with Gasteiger partial charge in [0.1, 0.15) is 11.7 Å². The van der Waals surface area contributed by atoms with Crippen LogP contribution in [0.2, 0.25) is 0 Å². The van der Waals surface area contributed by atoms with Crippen LogP contribution in [0.1, 0.15) is 11.5 Å². The van der Waals surface area contributed by atoms with Gasteiger partial charge in [-0.2, -0.15) is 0 Å². The Hall–Kier alpha value is -2.24. The van der Waals surface area contributed by atoms with Gasteiger partial charge in [-0.05, 0) is 17.7 Å². The van der Waals surface area contributed by atoms with Crippen LogP contribution in [0.15, 0.2) is 29.3 Å². The van der Waals surface area contributed by atoms with Gasteiger partial charge in [0.05, 0.1) is 6.54 Å². The number of nitrogens with zero attached hydrogens (tertiary/aromatic N) is 2. The lowest BCUT2D eigenvalue weighted by molar-refractivity contribution is -0.137. The number of fused-ring (bicyclic) bond motifs is 1. The first-order chi connectivity index (χ1) is 8.66. The van der Waals surface area contributed by atoms with Crippen LogP contribution in [-0.2, 0) is 9.59 Å². The molecular formula is C12H10FN3O2. The summed E-state index contributed by atoms with van der Waals surface area (Å²) < 4.78 is 13.2. The van der Waals surface area contributed by atoms with E-state index in [1.54, 1.807) is 6.07 Å². The van der Waals surface area contributed by atoms with E-state index in [0.717, 1.165) is 0 Å². The molecule has 1 fully saturated rings. The number of guanidine groups is 1. The molecule has 6 heteroatoms. The molecule has 0 spiro atoms. The van der Waals surface area contributed by atoms with Crippen molar-refractivity contribution in [1.82, 2.24) is 10.2 Å². The molecule has 1 saturated heterocycles. The number of nitrogens with one attached hydrogen (secondary N) is 1. The zero-order chi connectivity index (χ0) is 12.7. The minimum atomic E-state index is -0.988. The summed E-state index contributed by atoms with van der Waals surface area (Å²) in [4.78, 5) is 29.5. The maximum atomic E-state index is 13.2. The number of carbonyl (C=O) groups is 2. The number of aliphatic imine (C=N–C) groups is 1. The Morgan fingerprint density at radius 1 is 1.39 bits per heavy atom. The summed E-state index contributed by atoms with van der Waals surface area (Å²) in [5.74, 6) is -1.95. The minimum Gasteiger partial charge on any atom is -0.295 e. The average Bonchev–Trinajstić information content (AvgIpc) is 2.77. The molecule has 1 N–H and O–H groups in total. The van der Waals surface area contributed by atoms with Gasteiger partial charge in [-0.25, -0.2) is 4.39 Å². The maximum Gasteiger partial charge on any atom is 0.246 e. The molecule has 3 rings (SSSR count). The fourth-order valence-corrected chi connectivity index (χ4v) is 2.20. The molecule has 2 aliphatic heterocycles. The molecule has 5 nitrogen and oxygen atoms in total. The Balaban J connectivity index is 1.99. The lowest BCUT2D eigenvalue weighted by Crippen LogP contribution is -2.55. The molecule has 0 aliphatic carbocycles. The third kappa shape index (κ3) is 1.57. The monoisotopic (exact) mass is 247 g/mol. The van der Waals surface area contributed by atoms with Gasteiger partial charge in [-0.3, -0.25) is 24.8 Å². The summed E-state index contributed by atoms with van der Waals surface area (Å²) in [7, 11) is 0. The number of amides is 2. The van der Waals surface area contributed by atoms with E-state index in [2.05, 4.69) is 10.3 Å². The minimum absolute atomic E-state index is 0.303. The zero-order valence-corrected chi connectivity index (χ0v) is 9.39. The lowest BCUT2D eigenvalue weighted by atomic mass is 9.95. The molecule has 1 aromatic rings. The third-order valence-corrected chi connectivity index (χ3v) is 3.03. The molecular weight excluding hydrogens is 237 g/mol. The summed E-state index contributed by atoms with van der Waals surface area (Å²) in [6, 6.07) is 5.54. The van der Waals surface area contributed by atoms with E-state index in [1.807, 2.05) is 0 Å². The second-order valence-electron chi connectivity index (χ2n) is 4.17. The van der Waals surface area contributed by atoms with Crippen molar-refractivity contribution in [2.75, 3.05) is 13.1 Å². The van der Waals surface area contributed by atoms with Gasteiger partial charge >= 0.3 is 0 Å². The van der Waals surface area contributed by atoms with Gasteiger partial charge < -0.3 is 0 Å². The summed E-state index contributed by atoms with van der Waals surface area (Å²) in [5.41, 5.74) is 0.364. The molecule has 0 saturated carbocycles. The Morgan fingerprint density at radius 2 is 2.22 bits per heavy atom. The fourth-order valence-electron chi connectivity index (χ4n) is 2.20. The number of benzene rings is 1. The highest BCUT2D eigenvalue weighted by Gasteiger charge is 2.41. The van der Waals surface area contributed by atoms with Gasteiger partial charge in [0.15, 0.2) is 0 Å². The Bertz CT molecular complexity index is 570. The van der Waals surface area contributed by atoms with Crippen molar-refractivity contribution in [2.24, 2.45) is 4.99 Å². The normalized spacial score (nSPS) is 22.6. The van der Waals surface area contributed by atoms with Crippen molar-refractivity contribution >= 4 is 17.8 Å². The quantitative estimate of drug-likeness (QED) is 0.722. The third-order valence-electron chi connectivity index (χ3n) is 3.03. The van der Waals surface area contributed by atoms with E-state index < -0.39 is 17.6 Å². The fraction of sp³-hybridized carbons (Fsp3) is 0.250. The largest absolute Gasteiger partial charge is 0.295 e. The second kappa shape index (κ2) is 3.90. The molecule has 0 aromatic heterocycles. The van der Waals surface area contributed by atoms with E-state index in [-0.39, 0.29) is 5.91 Å². The molecule has 0 radical (unpaired) electrons. The summed E-state index contributed by atoms with van der Waals surface area (Å²) >= 11 is 0. The number of hydrogen-bond acceptors (Lipinski definition) is 3. The van der Waals surface area contributed by atoms with E-state index in [1.165, 1.54) is 23.1 Å². The zero-order valence-electron chi connectivity index (χ0n) is 9.39. The molecule has 92 valence electrons. The molecule has 2 aliphatic rings. The number of carbonyl (C=O) groups excluding carboxylic acids is 2. The molecule has 18 heavy (non-hydrogen) atoms. The van der Waals surface area contributed by atoms with Crippen LogP contribution in [0.3, 0.4) is 0 Å². The summed E-state index contributed by atoms with van der Waals surface area (Å²) in [6.45, 7) is 0.942. The predicted molar refractivity (Wildman–Crippen MR) is 61.3 cm³/mol. The van der Waals surface area contributed by atoms with Crippen molar-refractivity contribution in [3.63, 3.8) is 0 Å². The molecule has 2 amide bonds. The second-order valence-corrected chi connectivity index (χ2v) is 4.17. The predicted octanol–water partition coefficient (Wildman–Crippen LogP) is 0.237. The standard InChI is InChI=1S/C12H10FN3O2/c13-8-3-1-2-7(6-8)9-10(17)15-12-14-4-5-16(12)11(9)18/h1-3,6,9H,4-5H2,(H,14,15,17). The van der Waals surface area contributed by atoms with Gasteiger partial charge in [0.2, 0.25) is 17.8 Å². The Morgan fingerprint density at radius 3 is 3.00 bits per heavy atom. The van der Waals surface area contributed by atoms with Gasteiger partial charge in [0.25, 0.3) is 0 Å². The average molecular weight is 247 g/mol. The number of halogens is 1. The SMILES string of the molecule is O=C1NC2=NCCN2C(=O)C1c1cccc(F)c1. The topological polar surface area (TPSA) is 61.8 Å². The summed E-state index contributed by atoms with van der Waals surface area (Å²) in [6.07, 6.45) is 0. The highest BCUT2D eigenvalue weighted by Crippen LogP contribution is 2.24. The van der Waals surface area contributed by atoms with E-state index in [4.69, 9.17) is 0 Å². The van der Waals surface area contributed by atoms with Crippen LogP contribution < -0.4 is 5.32 Å². The van der Waals surface area contributed by atoms with E-state index >= 15 is 0 Å². The van der Waals surface area contributed by atoms with E-state index in [9.17, 15) is 14.0 Å². The van der Waals surface area contributed by atoms with Crippen molar-refractivity contribution in [1.29, 1.82) is 0 Å². The van der Waals surface area contributed by atoms with Crippen LogP contribution in [0.4, 0.5) is 4.39 Å². The first-order valence-electron chi connectivity index (χ1n) is 5.59. The first kappa shape index (κ1) is 10.9. The maximum absolute atomic E-state index is 13.2. The van der Waals surface area contributed by atoms with E-state index in [0.29, 0.717) is 24.6 Å². The Labute approximate surface area is 102 Å². The van der Waals surface area contributed by atoms with Crippen molar-refractivity contribution in [2.45, 2.75) is 5.92 Å². The number of rotatable bonds is 1. The first-order valence-corrected chi connectivity index (χ1v) is 5.59. The van der Waals surface area contributed by atoms with Crippen LogP contribution in [-0.4, -0.2) is 35.8 Å². The lowest BCUT2D eigenvalue weighted by Gasteiger charge is -2.29. The van der Waals surface area contributed by atoms with Crippen LogP contribution in [0.5, 0.6) is 0 Å². The molecule has 1 atom stereocenters.